The highest BCUT2D eigenvalue weighted by Gasteiger charge is 2.35. The molecule has 0 heterocycles. The third-order valence-corrected chi connectivity index (χ3v) is 2.05. The zero-order valence-electron chi connectivity index (χ0n) is 7.90. The Morgan fingerprint density at radius 1 is 1.50 bits per heavy atom. The molecule has 0 saturated heterocycles. The van der Waals surface area contributed by atoms with Crippen molar-refractivity contribution in [1.82, 2.24) is 0 Å². The first kappa shape index (κ1) is 18.0. The van der Waals surface area contributed by atoms with Gasteiger partial charge in [0.1, 0.15) is 18.3 Å². The van der Waals surface area contributed by atoms with E-state index in [4.69, 9.17) is 20.0 Å². The van der Waals surface area contributed by atoms with E-state index in [1.54, 1.807) is 0 Å². The highest BCUT2D eigenvalue weighted by molar-refractivity contribution is 7.46. The van der Waals surface area contributed by atoms with Gasteiger partial charge in [-0.2, -0.15) is 0 Å². The van der Waals surface area contributed by atoms with E-state index in [-0.39, 0.29) is 7.43 Å². The summed E-state index contributed by atoms with van der Waals surface area (Å²) in [6.07, 6.45) is -1.98. The van der Waals surface area contributed by atoms with Crippen LogP contribution in [-0.2, 0) is 13.9 Å². The molecular weight excluding hydrogens is 243 g/mol. The minimum atomic E-state index is -4.80. The molecule has 9 heteroatoms. The Morgan fingerprint density at radius 2 is 1.94 bits per heavy atom. The number of rotatable bonds is 6. The van der Waals surface area contributed by atoms with Crippen molar-refractivity contribution in [2.24, 2.45) is 0 Å². The predicted octanol–water partition coefficient (Wildman–Crippen LogP) is -1.59. The number of aliphatic hydroxyl groups excluding tert-OH is 2. The smallest absolute Gasteiger partial charge is 0.393 e. The molecule has 0 fully saturated rings. The maximum atomic E-state index is 11.0. The van der Waals surface area contributed by atoms with Crippen LogP contribution in [0.15, 0.2) is 0 Å². The normalized spacial score (nSPS) is 17.1. The van der Waals surface area contributed by atoms with E-state index < -0.39 is 38.5 Å². The highest BCUT2D eigenvalue weighted by atomic mass is 31.2. The van der Waals surface area contributed by atoms with Gasteiger partial charge in [0.05, 0.1) is 6.61 Å². The lowest BCUT2D eigenvalue weighted by molar-refractivity contribution is -0.148. The summed E-state index contributed by atoms with van der Waals surface area (Å²) in [7, 11) is -4.80. The molecule has 98 valence electrons. The van der Waals surface area contributed by atoms with Crippen molar-refractivity contribution in [2.75, 3.05) is 13.2 Å². The number of aliphatic hydroxyl groups is 3. The SMILES string of the molecule is C.CC(O)(CO)C(O)C(=O)COP(=O)(O)O. The molecule has 2 atom stereocenters. The molecule has 0 aromatic heterocycles. The Hall–Kier alpha value is -0.340. The standard InChI is InChI=1S/C6H13O8P.CH4/c1-6(10,3-7)5(9)4(8)2-14-15(11,12)13;/h5,7,9-10H,2-3H2,1H3,(H2,11,12,13);1H4. The first-order chi connectivity index (χ1) is 6.60. The van der Waals surface area contributed by atoms with Gasteiger partial charge in [0, 0.05) is 0 Å². The Morgan fingerprint density at radius 3 is 2.25 bits per heavy atom. The third kappa shape index (κ3) is 6.29. The van der Waals surface area contributed by atoms with Crippen molar-refractivity contribution in [3.63, 3.8) is 0 Å². The summed E-state index contributed by atoms with van der Waals surface area (Å²) >= 11 is 0. The molecule has 0 aromatic rings. The van der Waals surface area contributed by atoms with Crippen LogP contribution in [-0.4, -0.2) is 55.8 Å². The number of Topliss-reactive ketones (excluding diaryl/α,β-unsaturated/α-hetero) is 1. The van der Waals surface area contributed by atoms with E-state index in [1.165, 1.54) is 0 Å². The van der Waals surface area contributed by atoms with Gasteiger partial charge in [-0.3, -0.25) is 9.32 Å². The van der Waals surface area contributed by atoms with Crippen molar-refractivity contribution < 1.29 is 39.0 Å². The number of phosphoric ester groups is 1. The Kier molecular flexibility index (Phi) is 7.22. The molecule has 0 rings (SSSR count). The van der Waals surface area contributed by atoms with Gasteiger partial charge in [-0.25, -0.2) is 4.57 Å². The molecule has 0 aromatic carbocycles. The zero-order chi connectivity index (χ0) is 12.3. The average Bonchev–Trinajstić information content (AvgIpc) is 2.11. The van der Waals surface area contributed by atoms with Crippen molar-refractivity contribution in [3.8, 4) is 0 Å². The van der Waals surface area contributed by atoms with Gasteiger partial charge in [0.15, 0.2) is 5.78 Å². The fourth-order valence-electron chi connectivity index (χ4n) is 0.660. The summed E-state index contributed by atoms with van der Waals surface area (Å²) in [6.45, 7) is -0.940. The van der Waals surface area contributed by atoms with Crippen molar-refractivity contribution in [2.45, 2.75) is 26.1 Å². The van der Waals surface area contributed by atoms with Crippen LogP contribution in [0.3, 0.4) is 0 Å². The second-order valence-electron chi connectivity index (χ2n) is 3.15. The fraction of sp³-hybridized carbons (Fsp3) is 0.857. The molecule has 0 radical (unpaired) electrons. The van der Waals surface area contributed by atoms with Crippen LogP contribution < -0.4 is 0 Å². The van der Waals surface area contributed by atoms with E-state index in [0.29, 0.717) is 0 Å². The minimum Gasteiger partial charge on any atom is -0.393 e. The lowest BCUT2D eigenvalue weighted by atomic mass is 9.97. The Bertz CT molecular complexity index is 270. The van der Waals surface area contributed by atoms with Gasteiger partial charge in [0.2, 0.25) is 0 Å². The lowest BCUT2D eigenvalue weighted by Crippen LogP contribution is -2.48. The monoisotopic (exact) mass is 260 g/mol. The van der Waals surface area contributed by atoms with Crippen LogP contribution in [0.4, 0.5) is 0 Å². The molecule has 0 amide bonds. The molecule has 0 bridgehead atoms. The van der Waals surface area contributed by atoms with E-state index >= 15 is 0 Å². The summed E-state index contributed by atoms with van der Waals surface area (Å²) < 4.78 is 14.0. The predicted molar refractivity (Wildman–Crippen MR) is 53.5 cm³/mol. The van der Waals surface area contributed by atoms with Crippen LogP contribution in [0.25, 0.3) is 0 Å². The molecule has 8 nitrogen and oxygen atoms in total. The fourth-order valence-corrected chi connectivity index (χ4v) is 0.955. The average molecular weight is 260 g/mol. The second-order valence-corrected chi connectivity index (χ2v) is 4.39. The molecule has 0 aliphatic carbocycles. The van der Waals surface area contributed by atoms with Crippen molar-refractivity contribution in [1.29, 1.82) is 0 Å². The maximum Gasteiger partial charge on any atom is 0.470 e. The summed E-state index contributed by atoms with van der Waals surface area (Å²) in [4.78, 5) is 27.5. The number of carbonyl (C=O) groups is 1. The van der Waals surface area contributed by atoms with Crippen LogP contribution in [0, 0.1) is 0 Å². The van der Waals surface area contributed by atoms with Gasteiger partial charge in [-0.05, 0) is 6.92 Å². The zero-order valence-corrected chi connectivity index (χ0v) is 8.79. The van der Waals surface area contributed by atoms with Crippen molar-refractivity contribution >= 4 is 13.6 Å². The van der Waals surface area contributed by atoms with Crippen LogP contribution >= 0.6 is 7.82 Å². The first-order valence-corrected chi connectivity index (χ1v) is 5.37. The minimum absolute atomic E-state index is 0. The summed E-state index contributed by atoms with van der Waals surface area (Å²) in [5.41, 5.74) is -2.07. The second kappa shape index (κ2) is 6.41. The summed E-state index contributed by atoms with van der Waals surface area (Å²) in [5.74, 6) is -1.14. The highest BCUT2D eigenvalue weighted by Crippen LogP contribution is 2.35. The molecule has 0 spiro atoms. The molecule has 0 aliphatic rings. The van der Waals surface area contributed by atoms with Crippen molar-refractivity contribution in [3.05, 3.63) is 0 Å². The van der Waals surface area contributed by atoms with Crippen LogP contribution in [0.5, 0.6) is 0 Å². The topological polar surface area (TPSA) is 145 Å². The van der Waals surface area contributed by atoms with Crippen LogP contribution in [0.1, 0.15) is 14.4 Å². The van der Waals surface area contributed by atoms with E-state index in [0.717, 1.165) is 6.92 Å². The molecule has 0 saturated carbocycles. The molecule has 16 heavy (non-hydrogen) atoms. The van der Waals surface area contributed by atoms with Gasteiger partial charge >= 0.3 is 7.82 Å². The lowest BCUT2D eigenvalue weighted by Gasteiger charge is -2.25. The number of hydrogen-bond acceptors (Lipinski definition) is 6. The molecular formula is C7H17O8P. The Balaban J connectivity index is 0. The van der Waals surface area contributed by atoms with Crippen LogP contribution in [0.2, 0.25) is 0 Å². The van der Waals surface area contributed by atoms with Gasteiger partial charge < -0.3 is 25.1 Å². The van der Waals surface area contributed by atoms with Gasteiger partial charge in [0.25, 0.3) is 0 Å². The maximum absolute atomic E-state index is 11.0. The van der Waals surface area contributed by atoms with E-state index in [1.807, 2.05) is 0 Å². The third-order valence-electron chi connectivity index (χ3n) is 1.59. The number of phosphoric acid groups is 1. The summed E-state index contributed by atoms with van der Waals surface area (Å²) in [5, 5.41) is 27.0. The molecule has 2 unspecified atom stereocenters. The summed E-state index contributed by atoms with van der Waals surface area (Å²) in [6, 6.07) is 0. The quantitative estimate of drug-likeness (QED) is 0.359. The number of ketones is 1. The Labute approximate surface area is 92.7 Å². The number of carbonyl (C=O) groups excluding carboxylic acids is 1. The van der Waals surface area contributed by atoms with Gasteiger partial charge in [-0.1, -0.05) is 7.43 Å². The number of hydrogen-bond donors (Lipinski definition) is 5. The molecule has 5 N–H and O–H groups in total. The first-order valence-electron chi connectivity index (χ1n) is 3.84. The van der Waals surface area contributed by atoms with E-state index in [9.17, 15) is 14.5 Å². The molecule has 0 aliphatic heterocycles. The largest absolute Gasteiger partial charge is 0.470 e. The van der Waals surface area contributed by atoms with E-state index in [2.05, 4.69) is 4.52 Å². The van der Waals surface area contributed by atoms with Gasteiger partial charge in [-0.15, -0.1) is 0 Å².